The summed E-state index contributed by atoms with van der Waals surface area (Å²) >= 11 is 0. The number of alkyl halides is 3. The summed E-state index contributed by atoms with van der Waals surface area (Å²) in [7, 11) is 0. The number of halogens is 4. The van der Waals surface area contributed by atoms with Crippen molar-refractivity contribution in [2.75, 3.05) is 18.4 Å². The van der Waals surface area contributed by atoms with Crippen LogP contribution >= 0.6 is 0 Å². The zero-order valence-corrected chi connectivity index (χ0v) is 22.6. The first-order valence-electron chi connectivity index (χ1n) is 12.6. The Morgan fingerprint density at radius 3 is 2.51 bits per heavy atom. The fourth-order valence-corrected chi connectivity index (χ4v) is 3.98. The summed E-state index contributed by atoms with van der Waals surface area (Å²) in [4.78, 5) is 35.6. The van der Waals surface area contributed by atoms with E-state index in [1.54, 1.807) is 27.0 Å². The SMILES string of the molecule is CC(C)Nc1ncc2c(n1)CN(C(=O)NC(CCNC(=O)OC(C)(C)C)c1ccc(C(F)(F)F)c(F)c1)CC2. The van der Waals surface area contributed by atoms with E-state index in [1.165, 1.54) is 4.90 Å². The van der Waals surface area contributed by atoms with Crippen molar-refractivity contribution in [3.8, 4) is 0 Å². The topological polar surface area (TPSA) is 108 Å². The lowest BCUT2D eigenvalue weighted by Crippen LogP contribution is -2.45. The summed E-state index contributed by atoms with van der Waals surface area (Å²) < 4.78 is 58.8. The second-order valence-electron chi connectivity index (χ2n) is 10.6. The van der Waals surface area contributed by atoms with E-state index in [-0.39, 0.29) is 31.1 Å². The molecule has 3 amide bonds. The summed E-state index contributed by atoms with van der Waals surface area (Å²) in [6, 6.07) is 1.23. The molecular formula is C26H34F4N6O3. The van der Waals surface area contributed by atoms with Crippen LogP contribution in [0.5, 0.6) is 0 Å². The number of carbonyl (C=O) groups is 2. The summed E-state index contributed by atoms with van der Waals surface area (Å²) in [5.74, 6) is -1.01. The molecule has 39 heavy (non-hydrogen) atoms. The van der Waals surface area contributed by atoms with Gasteiger partial charge in [-0.05, 0) is 70.7 Å². The minimum atomic E-state index is -4.86. The highest BCUT2D eigenvalue weighted by molar-refractivity contribution is 5.75. The minimum Gasteiger partial charge on any atom is -0.444 e. The number of fused-ring (bicyclic) bond motifs is 1. The highest BCUT2D eigenvalue weighted by atomic mass is 19.4. The van der Waals surface area contributed by atoms with Gasteiger partial charge < -0.3 is 25.6 Å². The Balaban J connectivity index is 1.76. The predicted octanol–water partition coefficient (Wildman–Crippen LogP) is 5.18. The maximum absolute atomic E-state index is 14.4. The Morgan fingerprint density at radius 1 is 1.18 bits per heavy atom. The van der Waals surface area contributed by atoms with Gasteiger partial charge >= 0.3 is 18.3 Å². The van der Waals surface area contributed by atoms with Crippen LogP contribution in [0.4, 0.5) is 33.1 Å². The maximum Gasteiger partial charge on any atom is 0.419 e. The van der Waals surface area contributed by atoms with Crippen molar-refractivity contribution < 1.29 is 31.9 Å². The average Bonchev–Trinajstić information content (AvgIpc) is 2.80. The molecular weight excluding hydrogens is 520 g/mol. The average molecular weight is 555 g/mol. The van der Waals surface area contributed by atoms with Crippen LogP contribution in [0, 0.1) is 5.82 Å². The van der Waals surface area contributed by atoms with Gasteiger partial charge in [0.15, 0.2) is 0 Å². The first kappa shape index (κ1) is 29.9. The third-order valence-corrected chi connectivity index (χ3v) is 5.75. The third kappa shape index (κ3) is 8.69. The number of alkyl carbamates (subject to hydrolysis) is 1. The highest BCUT2D eigenvalue weighted by Crippen LogP contribution is 2.33. The van der Waals surface area contributed by atoms with Crippen molar-refractivity contribution in [3.05, 3.63) is 52.6 Å². The van der Waals surface area contributed by atoms with Gasteiger partial charge in [0.05, 0.1) is 23.8 Å². The normalized spacial score (nSPS) is 14.5. The molecule has 214 valence electrons. The number of anilines is 1. The van der Waals surface area contributed by atoms with E-state index >= 15 is 0 Å². The van der Waals surface area contributed by atoms with Gasteiger partial charge in [0.25, 0.3) is 0 Å². The summed E-state index contributed by atoms with van der Waals surface area (Å²) in [6.07, 6.45) is -3.23. The summed E-state index contributed by atoms with van der Waals surface area (Å²) in [6.45, 7) is 9.57. The number of hydrogen-bond donors (Lipinski definition) is 3. The Bertz CT molecular complexity index is 1180. The van der Waals surface area contributed by atoms with E-state index in [2.05, 4.69) is 25.9 Å². The molecule has 0 radical (unpaired) electrons. The van der Waals surface area contributed by atoms with E-state index < -0.39 is 41.3 Å². The molecule has 1 unspecified atom stereocenters. The van der Waals surface area contributed by atoms with Gasteiger partial charge in [-0.2, -0.15) is 13.2 Å². The largest absolute Gasteiger partial charge is 0.444 e. The lowest BCUT2D eigenvalue weighted by molar-refractivity contribution is -0.140. The number of aromatic nitrogens is 2. The van der Waals surface area contributed by atoms with Gasteiger partial charge in [0.2, 0.25) is 5.95 Å². The van der Waals surface area contributed by atoms with E-state index in [9.17, 15) is 27.2 Å². The molecule has 13 heteroatoms. The van der Waals surface area contributed by atoms with Gasteiger partial charge in [-0.3, -0.25) is 0 Å². The molecule has 0 saturated carbocycles. The van der Waals surface area contributed by atoms with E-state index in [0.717, 1.165) is 17.7 Å². The van der Waals surface area contributed by atoms with Crippen molar-refractivity contribution in [1.82, 2.24) is 25.5 Å². The number of benzene rings is 1. The molecule has 1 aromatic heterocycles. The number of urea groups is 1. The van der Waals surface area contributed by atoms with Crippen molar-refractivity contribution in [2.45, 2.75) is 77.9 Å². The molecule has 0 aliphatic carbocycles. The lowest BCUT2D eigenvalue weighted by atomic mass is 10.0. The second-order valence-corrected chi connectivity index (χ2v) is 10.6. The Kier molecular flexibility index (Phi) is 9.23. The van der Waals surface area contributed by atoms with Gasteiger partial charge in [-0.15, -0.1) is 0 Å². The molecule has 1 aliphatic rings. The van der Waals surface area contributed by atoms with Crippen LogP contribution in [-0.2, 0) is 23.9 Å². The first-order valence-corrected chi connectivity index (χ1v) is 12.6. The van der Waals surface area contributed by atoms with Crippen molar-refractivity contribution in [3.63, 3.8) is 0 Å². The lowest BCUT2D eigenvalue weighted by Gasteiger charge is -2.30. The fourth-order valence-electron chi connectivity index (χ4n) is 3.98. The zero-order chi connectivity index (χ0) is 29.0. The van der Waals surface area contributed by atoms with Crippen LogP contribution < -0.4 is 16.0 Å². The second kappa shape index (κ2) is 12.0. The molecule has 1 aliphatic heterocycles. The molecule has 0 fully saturated rings. The molecule has 0 spiro atoms. The zero-order valence-electron chi connectivity index (χ0n) is 22.6. The minimum absolute atomic E-state index is 0.0167. The number of nitrogens with one attached hydrogen (secondary N) is 3. The number of rotatable bonds is 7. The fraction of sp³-hybridized carbons (Fsp3) is 0.538. The summed E-state index contributed by atoms with van der Waals surface area (Å²) in [5, 5.41) is 8.45. The standard InChI is InChI=1S/C26H34F4N6O3/c1-15(2)33-22-32-13-17-9-11-36(14-21(17)34-22)23(37)35-20(8-10-31-24(38)39-25(3,4)5)16-6-7-18(19(27)12-16)26(28,29)30/h6-7,12-13,15,20H,8-11,14H2,1-5H3,(H,31,38)(H,35,37)(H,32,33,34). The number of hydrogen-bond acceptors (Lipinski definition) is 6. The van der Waals surface area contributed by atoms with E-state index in [4.69, 9.17) is 4.74 Å². The van der Waals surface area contributed by atoms with Gasteiger partial charge in [0, 0.05) is 25.3 Å². The Hall–Kier alpha value is -3.64. The first-order chi connectivity index (χ1) is 18.1. The van der Waals surface area contributed by atoms with Crippen LogP contribution in [0.1, 0.15) is 69.5 Å². The maximum atomic E-state index is 14.4. The molecule has 3 N–H and O–H groups in total. The van der Waals surface area contributed by atoms with Crippen molar-refractivity contribution in [2.24, 2.45) is 0 Å². The molecule has 9 nitrogen and oxygen atoms in total. The molecule has 1 aromatic carbocycles. The monoisotopic (exact) mass is 554 g/mol. The number of amides is 3. The number of ether oxygens (including phenoxy) is 1. The van der Waals surface area contributed by atoms with Gasteiger partial charge in [-0.25, -0.2) is 23.9 Å². The Labute approximate surface area is 224 Å². The molecule has 2 heterocycles. The van der Waals surface area contributed by atoms with Crippen LogP contribution in [-0.4, -0.2) is 51.7 Å². The smallest absolute Gasteiger partial charge is 0.419 e. The van der Waals surface area contributed by atoms with E-state index in [0.29, 0.717) is 30.7 Å². The number of carbonyl (C=O) groups excluding carboxylic acids is 2. The highest BCUT2D eigenvalue weighted by Gasteiger charge is 2.34. The van der Waals surface area contributed by atoms with Gasteiger partial charge in [0.1, 0.15) is 11.4 Å². The Morgan fingerprint density at radius 2 is 1.90 bits per heavy atom. The molecule has 1 atom stereocenters. The van der Waals surface area contributed by atoms with Gasteiger partial charge in [-0.1, -0.05) is 6.07 Å². The van der Waals surface area contributed by atoms with Crippen LogP contribution in [0.15, 0.2) is 24.4 Å². The van der Waals surface area contributed by atoms with Crippen molar-refractivity contribution >= 4 is 18.1 Å². The quantitative estimate of drug-likeness (QED) is 0.407. The molecule has 3 rings (SSSR count). The van der Waals surface area contributed by atoms with E-state index in [1.807, 2.05) is 13.8 Å². The van der Waals surface area contributed by atoms with Crippen molar-refractivity contribution in [1.29, 1.82) is 0 Å². The third-order valence-electron chi connectivity index (χ3n) is 5.75. The molecule has 2 aromatic rings. The molecule has 0 saturated heterocycles. The molecule has 0 bridgehead atoms. The van der Waals surface area contributed by atoms with Crippen LogP contribution in [0.25, 0.3) is 0 Å². The van der Waals surface area contributed by atoms with Crippen LogP contribution in [0.2, 0.25) is 0 Å². The predicted molar refractivity (Wildman–Crippen MR) is 136 cm³/mol. The number of nitrogens with zero attached hydrogens (tertiary/aromatic N) is 3. The summed E-state index contributed by atoms with van der Waals surface area (Å²) in [5.41, 5.74) is -0.411. The van der Waals surface area contributed by atoms with Crippen LogP contribution in [0.3, 0.4) is 0 Å².